The first-order valence-electron chi connectivity index (χ1n) is 6.16. The molecule has 0 radical (unpaired) electrons. The zero-order valence-electron chi connectivity index (χ0n) is 12.5. The first kappa shape index (κ1) is 16.9. The average molecular weight is 358 g/mol. The third-order valence-electron chi connectivity index (χ3n) is 2.40. The number of nitrogens with zero attached hydrogens (tertiary/aromatic N) is 4. The molecule has 124 valence electrons. The molecule has 2 rings (SSSR count). The maximum atomic E-state index is 11.9. The molecule has 0 bridgehead atoms. The zero-order chi connectivity index (χ0) is 17.0. The third kappa shape index (κ3) is 4.26. The molecule has 0 spiro atoms. The number of thiophene rings is 1. The van der Waals surface area contributed by atoms with Gasteiger partial charge in [-0.15, -0.1) is 11.3 Å². The summed E-state index contributed by atoms with van der Waals surface area (Å²) in [5.41, 5.74) is 0. The van der Waals surface area contributed by atoms with Crippen LogP contribution in [0, 0.1) is 0 Å². The summed E-state index contributed by atoms with van der Waals surface area (Å²) in [6.07, 6.45) is 0. The molecular weight excluding hydrogens is 344 g/mol. The van der Waals surface area contributed by atoms with Gasteiger partial charge < -0.3 is 9.64 Å². The van der Waals surface area contributed by atoms with Crippen molar-refractivity contribution < 1.29 is 17.9 Å². The Labute approximate surface area is 136 Å². The minimum atomic E-state index is -3.93. The van der Waals surface area contributed by atoms with Gasteiger partial charge in [-0.1, -0.05) is 6.07 Å². The Hall–Kier alpha value is -2.47. The van der Waals surface area contributed by atoms with Crippen molar-refractivity contribution in [2.24, 2.45) is 0 Å². The van der Waals surface area contributed by atoms with Gasteiger partial charge in [0.15, 0.2) is 0 Å². The topological polar surface area (TPSA) is 126 Å². The summed E-state index contributed by atoms with van der Waals surface area (Å²) in [6.45, 7) is 0. The highest BCUT2D eigenvalue weighted by atomic mass is 32.2. The van der Waals surface area contributed by atoms with Gasteiger partial charge in [0.05, 0.1) is 7.11 Å². The van der Waals surface area contributed by atoms with Crippen LogP contribution >= 0.6 is 11.3 Å². The minimum Gasteiger partial charge on any atom is -0.467 e. The molecule has 0 saturated carbocycles. The number of rotatable bonds is 5. The summed E-state index contributed by atoms with van der Waals surface area (Å²) in [6, 6.07) is 1.95. The Morgan fingerprint density at radius 1 is 1.30 bits per heavy atom. The summed E-state index contributed by atoms with van der Waals surface area (Å²) < 4.78 is 30.7. The van der Waals surface area contributed by atoms with Gasteiger partial charge in [-0.2, -0.15) is 15.0 Å². The Morgan fingerprint density at radius 2 is 2.04 bits per heavy atom. The SMILES string of the molecule is COc1nc(NC(=O)NS(=O)(=O)c2cccs2)nc(N(C)C)n1. The molecule has 2 heterocycles. The normalized spacial score (nSPS) is 10.9. The average Bonchev–Trinajstić information content (AvgIpc) is 3.01. The minimum absolute atomic E-state index is 0.0138. The van der Waals surface area contributed by atoms with Gasteiger partial charge in [-0.3, -0.25) is 5.32 Å². The van der Waals surface area contributed by atoms with Gasteiger partial charge in [-0.05, 0) is 11.4 Å². The molecule has 2 aromatic rings. The van der Waals surface area contributed by atoms with E-state index in [-0.39, 0.29) is 22.1 Å². The molecule has 10 nitrogen and oxygen atoms in total. The predicted molar refractivity (Wildman–Crippen MR) is 84.4 cm³/mol. The number of hydrogen-bond donors (Lipinski definition) is 2. The van der Waals surface area contributed by atoms with E-state index in [1.807, 2.05) is 4.72 Å². The van der Waals surface area contributed by atoms with E-state index in [9.17, 15) is 13.2 Å². The number of anilines is 2. The fraction of sp³-hybridized carbons (Fsp3) is 0.273. The summed E-state index contributed by atoms with van der Waals surface area (Å²) in [7, 11) is 0.815. The number of hydrogen-bond acceptors (Lipinski definition) is 9. The first-order chi connectivity index (χ1) is 10.8. The van der Waals surface area contributed by atoms with Crippen LogP contribution in [0.25, 0.3) is 0 Å². The van der Waals surface area contributed by atoms with Crippen LogP contribution in [-0.4, -0.2) is 50.6 Å². The molecule has 12 heteroatoms. The number of carbonyl (C=O) groups excluding carboxylic acids is 1. The van der Waals surface area contributed by atoms with Crippen molar-refractivity contribution in [1.82, 2.24) is 19.7 Å². The molecule has 0 unspecified atom stereocenters. The Bertz CT molecular complexity index is 791. The number of carbonyl (C=O) groups is 1. The highest BCUT2D eigenvalue weighted by molar-refractivity contribution is 7.92. The van der Waals surface area contributed by atoms with Gasteiger partial charge in [0.1, 0.15) is 4.21 Å². The number of amides is 2. The molecule has 0 aromatic carbocycles. The van der Waals surface area contributed by atoms with Gasteiger partial charge in [-0.25, -0.2) is 17.9 Å². The van der Waals surface area contributed by atoms with Crippen molar-refractivity contribution >= 4 is 39.3 Å². The predicted octanol–water partition coefficient (Wildman–Crippen LogP) is 0.518. The summed E-state index contributed by atoms with van der Waals surface area (Å²) in [5, 5.41) is 3.83. The van der Waals surface area contributed by atoms with E-state index in [0.29, 0.717) is 0 Å². The van der Waals surface area contributed by atoms with Gasteiger partial charge in [0.2, 0.25) is 11.9 Å². The molecule has 0 aliphatic heterocycles. The maximum Gasteiger partial charge on any atom is 0.335 e. The molecular formula is C11H14N6O4S2. The van der Waals surface area contributed by atoms with Crippen LogP contribution in [0.1, 0.15) is 0 Å². The number of sulfonamides is 1. The number of urea groups is 1. The van der Waals surface area contributed by atoms with Crippen LogP contribution in [0.5, 0.6) is 6.01 Å². The first-order valence-corrected chi connectivity index (χ1v) is 8.53. The van der Waals surface area contributed by atoms with Gasteiger partial charge in [0.25, 0.3) is 10.0 Å². The van der Waals surface area contributed by atoms with E-state index in [2.05, 4.69) is 20.3 Å². The fourth-order valence-electron chi connectivity index (χ4n) is 1.41. The Morgan fingerprint density at radius 3 is 2.61 bits per heavy atom. The smallest absolute Gasteiger partial charge is 0.335 e. The van der Waals surface area contributed by atoms with E-state index in [4.69, 9.17) is 4.74 Å². The van der Waals surface area contributed by atoms with E-state index in [1.165, 1.54) is 13.2 Å². The molecule has 0 atom stereocenters. The standard InChI is InChI=1S/C11H14N6O4S2/c1-17(2)9-12-8(14-11(15-9)21-3)13-10(18)16-23(19,20)7-5-4-6-22-7/h4-6H,1-3H3,(H2,12,13,14,15,16,18). The molecule has 0 aliphatic rings. The number of aromatic nitrogens is 3. The number of methoxy groups -OCH3 is 1. The monoisotopic (exact) mass is 358 g/mol. The lowest BCUT2D eigenvalue weighted by Crippen LogP contribution is -2.34. The van der Waals surface area contributed by atoms with Crippen LogP contribution in [0.15, 0.2) is 21.7 Å². The second-order valence-electron chi connectivity index (χ2n) is 4.33. The van der Waals surface area contributed by atoms with Gasteiger partial charge >= 0.3 is 12.0 Å². The van der Waals surface area contributed by atoms with Crippen LogP contribution in [0.2, 0.25) is 0 Å². The number of ether oxygens (including phenoxy) is 1. The van der Waals surface area contributed by atoms with Crippen molar-refractivity contribution in [2.75, 3.05) is 31.4 Å². The lowest BCUT2D eigenvalue weighted by atomic mass is 10.7. The van der Waals surface area contributed by atoms with Gasteiger partial charge in [0, 0.05) is 14.1 Å². The largest absolute Gasteiger partial charge is 0.467 e. The molecule has 0 saturated heterocycles. The lowest BCUT2D eigenvalue weighted by Gasteiger charge is -2.12. The maximum absolute atomic E-state index is 11.9. The third-order valence-corrected chi connectivity index (χ3v) is 5.13. The second kappa shape index (κ2) is 6.75. The molecule has 23 heavy (non-hydrogen) atoms. The van der Waals surface area contributed by atoms with Crippen molar-refractivity contribution in [1.29, 1.82) is 0 Å². The molecule has 2 aromatic heterocycles. The molecule has 2 amide bonds. The van der Waals surface area contributed by atoms with Crippen molar-refractivity contribution in [3.8, 4) is 6.01 Å². The molecule has 0 fully saturated rings. The van der Waals surface area contributed by atoms with Crippen LogP contribution < -0.4 is 19.7 Å². The summed E-state index contributed by atoms with van der Waals surface area (Å²) in [5.74, 6) is 0.104. The van der Waals surface area contributed by atoms with E-state index in [1.54, 1.807) is 30.4 Å². The highest BCUT2D eigenvalue weighted by Crippen LogP contribution is 2.16. The van der Waals surface area contributed by atoms with Crippen LogP contribution in [0.4, 0.5) is 16.7 Å². The van der Waals surface area contributed by atoms with Crippen molar-refractivity contribution in [2.45, 2.75) is 4.21 Å². The molecule has 2 N–H and O–H groups in total. The van der Waals surface area contributed by atoms with Crippen molar-refractivity contribution in [3.05, 3.63) is 17.5 Å². The summed E-state index contributed by atoms with van der Waals surface area (Å²) in [4.78, 5) is 25.2. The van der Waals surface area contributed by atoms with E-state index in [0.717, 1.165) is 11.3 Å². The van der Waals surface area contributed by atoms with Crippen LogP contribution in [-0.2, 0) is 10.0 Å². The number of nitrogens with one attached hydrogen (secondary N) is 2. The Balaban J connectivity index is 2.16. The molecule has 0 aliphatic carbocycles. The fourth-order valence-corrected chi connectivity index (χ4v) is 3.31. The van der Waals surface area contributed by atoms with E-state index < -0.39 is 16.1 Å². The summed E-state index contributed by atoms with van der Waals surface area (Å²) >= 11 is 0.992. The Kier molecular flexibility index (Phi) is 4.95. The second-order valence-corrected chi connectivity index (χ2v) is 7.19. The van der Waals surface area contributed by atoms with E-state index >= 15 is 0 Å². The lowest BCUT2D eigenvalue weighted by molar-refractivity contribution is 0.256. The highest BCUT2D eigenvalue weighted by Gasteiger charge is 2.19. The quantitative estimate of drug-likeness (QED) is 0.792. The van der Waals surface area contributed by atoms with Crippen LogP contribution in [0.3, 0.4) is 0 Å². The zero-order valence-corrected chi connectivity index (χ0v) is 14.1. The van der Waals surface area contributed by atoms with Crippen molar-refractivity contribution in [3.63, 3.8) is 0 Å².